The van der Waals surface area contributed by atoms with Gasteiger partial charge in [0.2, 0.25) is 0 Å². The molecule has 30 heavy (non-hydrogen) atoms. The van der Waals surface area contributed by atoms with E-state index in [9.17, 15) is 9.18 Å². The van der Waals surface area contributed by atoms with Gasteiger partial charge in [0.15, 0.2) is 24.1 Å². The molecular formula is C22H29FN4O3. The van der Waals surface area contributed by atoms with Crippen molar-refractivity contribution < 1.29 is 18.7 Å². The highest BCUT2D eigenvalue weighted by atomic mass is 19.1. The summed E-state index contributed by atoms with van der Waals surface area (Å²) in [5.74, 6) is 1.21. The largest absolute Gasteiger partial charge is 0.493 e. The molecule has 2 rings (SSSR count). The SMILES string of the molecule is CCNC(=O)COc1ccc(CNC(=NC)NCc2ccc(C)c(F)c2)cc1OC. The van der Waals surface area contributed by atoms with E-state index in [2.05, 4.69) is 20.9 Å². The predicted molar refractivity (Wildman–Crippen MR) is 115 cm³/mol. The number of ether oxygens (including phenoxy) is 2. The maximum Gasteiger partial charge on any atom is 0.257 e. The van der Waals surface area contributed by atoms with E-state index in [1.165, 1.54) is 6.07 Å². The van der Waals surface area contributed by atoms with E-state index in [0.717, 1.165) is 11.1 Å². The second-order valence-electron chi connectivity index (χ2n) is 6.59. The monoisotopic (exact) mass is 416 g/mol. The molecular weight excluding hydrogens is 387 g/mol. The highest BCUT2D eigenvalue weighted by molar-refractivity contribution is 5.79. The number of nitrogens with zero attached hydrogens (tertiary/aromatic N) is 1. The summed E-state index contributed by atoms with van der Waals surface area (Å²) in [6.07, 6.45) is 0. The summed E-state index contributed by atoms with van der Waals surface area (Å²) < 4.78 is 24.6. The predicted octanol–water partition coefficient (Wildman–Crippen LogP) is 2.52. The lowest BCUT2D eigenvalue weighted by atomic mass is 10.1. The third kappa shape index (κ3) is 6.95. The molecule has 0 aliphatic carbocycles. The number of carbonyl (C=O) groups excluding carboxylic acids is 1. The molecule has 8 heteroatoms. The number of hydrogen-bond donors (Lipinski definition) is 3. The first-order chi connectivity index (χ1) is 14.5. The summed E-state index contributed by atoms with van der Waals surface area (Å²) in [7, 11) is 3.22. The molecule has 0 atom stereocenters. The zero-order valence-corrected chi connectivity index (χ0v) is 17.8. The lowest BCUT2D eigenvalue weighted by Crippen LogP contribution is -2.36. The molecule has 0 saturated heterocycles. The number of aryl methyl sites for hydroxylation is 1. The van der Waals surface area contributed by atoms with Crippen molar-refractivity contribution in [3.8, 4) is 11.5 Å². The van der Waals surface area contributed by atoms with Crippen LogP contribution in [-0.4, -0.2) is 39.2 Å². The number of benzene rings is 2. The summed E-state index contributed by atoms with van der Waals surface area (Å²) in [6, 6.07) is 10.6. The Morgan fingerprint density at radius 2 is 1.70 bits per heavy atom. The van der Waals surface area contributed by atoms with E-state index in [1.807, 2.05) is 25.1 Å². The van der Waals surface area contributed by atoms with Gasteiger partial charge in [0, 0.05) is 26.7 Å². The number of hydrogen-bond acceptors (Lipinski definition) is 4. The number of aliphatic imine (C=N–C) groups is 1. The van der Waals surface area contributed by atoms with Crippen molar-refractivity contribution in [1.29, 1.82) is 0 Å². The summed E-state index contributed by atoms with van der Waals surface area (Å²) in [5, 5.41) is 9.04. The Hall–Kier alpha value is -3.29. The molecule has 1 amide bonds. The minimum atomic E-state index is -0.223. The minimum Gasteiger partial charge on any atom is -0.493 e. The van der Waals surface area contributed by atoms with E-state index in [0.29, 0.717) is 42.7 Å². The maximum atomic E-state index is 13.7. The van der Waals surface area contributed by atoms with E-state index in [1.54, 1.807) is 33.2 Å². The summed E-state index contributed by atoms with van der Waals surface area (Å²) in [4.78, 5) is 15.7. The maximum absolute atomic E-state index is 13.7. The number of methoxy groups -OCH3 is 1. The van der Waals surface area contributed by atoms with Crippen LogP contribution in [0.2, 0.25) is 0 Å². The molecule has 0 radical (unpaired) electrons. The number of likely N-dealkylation sites (N-methyl/N-ethyl adjacent to an activating group) is 1. The molecule has 7 nitrogen and oxygen atoms in total. The molecule has 0 heterocycles. The quantitative estimate of drug-likeness (QED) is 0.432. The average Bonchev–Trinajstić information content (AvgIpc) is 2.75. The molecule has 2 aromatic rings. The summed E-state index contributed by atoms with van der Waals surface area (Å²) >= 11 is 0. The fourth-order valence-corrected chi connectivity index (χ4v) is 2.67. The smallest absolute Gasteiger partial charge is 0.257 e. The van der Waals surface area contributed by atoms with Gasteiger partial charge in [0.1, 0.15) is 5.82 Å². The zero-order chi connectivity index (χ0) is 21.9. The molecule has 0 fully saturated rings. The first kappa shape index (κ1) is 23.0. The fourth-order valence-electron chi connectivity index (χ4n) is 2.67. The van der Waals surface area contributed by atoms with Gasteiger partial charge in [-0.05, 0) is 48.7 Å². The van der Waals surface area contributed by atoms with Gasteiger partial charge in [-0.2, -0.15) is 0 Å². The molecule has 162 valence electrons. The second kappa shape index (κ2) is 11.6. The van der Waals surface area contributed by atoms with Gasteiger partial charge in [0.25, 0.3) is 5.91 Å². The molecule has 0 unspecified atom stereocenters. The average molecular weight is 416 g/mol. The van der Waals surface area contributed by atoms with Crippen molar-refractivity contribution in [3.05, 3.63) is 58.9 Å². The molecule has 2 aromatic carbocycles. The zero-order valence-electron chi connectivity index (χ0n) is 17.8. The molecule has 0 aliphatic rings. The third-order valence-electron chi connectivity index (χ3n) is 4.34. The van der Waals surface area contributed by atoms with E-state index in [-0.39, 0.29) is 18.3 Å². The van der Waals surface area contributed by atoms with E-state index in [4.69, 9.17) is 9.47 Å². The molecule has 0 aliphatic heterocycles. The number of nitrogens with one attached hydrogen (secondary N) is 3. The molecule has 3 N–H and O–H groups in total. The fraction of sp³-hybridized carbons (Fsp3) is 0.364. The normalized spacial score (nSPS) is 11.0. The number of halogens is 1. The highest BCUT2D eigenvalue weighted by Gasteiger charge is 2.09. The highest BCUT2D eigenvalue weighted by Crippen LogP contribution is 2.28. The molecule has 0 saturated carbocycles. The van der Waals surface area contributed by atoms with Gasteiger partial charge in [-0.15, -0.1) is 0 Å². The molecule has 0 bridgehead atoms. The van der Waals surface area contributed by atoms with Gasteiger partial charge >= 0.3 is 0 Å². The number of amides is 1. The Balaban J connectivity index is 1.91. The first-order valence-electron chi connectivity index (χ1n) is 9.72. The topological polar surface area (TPSA) is 84.0 Å². The third-order valence-corrected chi connectivity index (χ3v) is 4.34. The van der Waals surface area contributed by atoms with Crippen LogP contribution in [-0.2, 0) is 17.9 Å². The van der Waals surface area contributed by atoms with Crippen molar-refractivity contribution in [3.63, 3.8) is 0 Å². The van der Waals surface area contributed by atoms with Crippen LogP contribution < -0.4 is 25.4 Å². The van der Waals surface area contributed by atoms with Gasteiger partial charge in [-0.25, -0.2) is 4.39 Å². The first-order valence-corrected chi connectivity index (χ1v) is 9.72. The van der Waals surface area contributed by atoms with Crippen LogP contribution in [0.15, 0.2) is 41.4 Å². The standard InChI is InChI=1S/C22H29FN4O3/c1-5-25-21(28)14-30-19-9-8-17(11-20(19)29-4)13-27-22(24-3)26-12-16-7-6-15(2)18(23)10-16/h6-11H,5,12-14H2,1-4H3,(H,25,28)(H2,24,26,27). The Labute approximate surface area is 176 Å². The van der Waals surface area contributed by atoms with Crippen LogP contribution in [0.4, 0.5) is 4.39 Å². The Morgan fingerprint density at radius 3 is 2.30 bits per heavy atom. The van der Waals surface area contributed by atoms with Crippen molar-refractivity contribution in [1.82, 2.24) is 16.0 Å². The van der Waals surface area contributed by atoms with Gasteiger partial charge < -0.3 is 25.4 Å². The lowest BCUT2D eigenvalue weighted by Gasteiger charge is -2.14. The molecule has 0 spiro atoms. The summed E-state index contributed by atoms with van der Waals surface area (Å²) in [5.41, 5.74) is 2.39. The van der Waals surface area contributed by atoms with Crippen molar-refractivity contribution >= 4 is 11.9 Å². The Kier molecular flexibility index (Phi) is 8.93. The van der Waals surface area contributed by atoms with Crippen molar-refractivity contribution in [2.75, 3.05) is 27.3 Å². The number of rotatable bonds is 9. The van der Waals surface area contributed by atoms with Crippen molar-refractivity contribution in [2.45, 2.75) is 26.9 Å². The van der Waals surface area contributed by atoms with Gasteiger partial charge in [0.05, 0.1) is 7.11 Å². The number of guanidine groups is 1. The van der Waals surface area contributed by atoms with Gasteiger partial charge in [-0.1, -0.05) is 18.2 Å². The van der Waals surface area contributed by atoms with E-state index < -0.39 is 0 Å². The second-order valence-corrected chi connectivity index (χ2v) is 6.59. The lowest BCUT2D eigenvalue weighted by molar-refractivity contribution is -0.123. The van der Waals surface area contributed by atoms with Crippen LogP contribution in [0.25, 0.3) is 0 Å². The van der Waals surface area contributed by atoms with Crippen molar-refractivity contribution in [2.24, 2.45) is 4.99 Å². The molecule has 0 aromatic heterocycles. The number of carbonyl (C=O) groups is 1. The van der Waals surface area contributed by atoms with Gasteiger partial charge in [-0.3, -0.25) is 9.79 Å². The van der Waals surface area contributed by atoms with Crippen LogP contribution in [0, 0.1) is 12.7 Å². The van der Waals surface area contributed by atoms with Crippen LogP contribution in [0.1, 0.15) is 23.6 Å². The van der Waals surface area contributed by atoms with E-state index >= 15 is 0 Å². The summed E-state index contributed by atoms with van der Waals surface area (Å²) in [6.45, 7) is 5.01. The Morgan fingerprint density at radius 1 is 1.03 bits per heavy atom. The van der Waals surface area contributed by atoms with Crippen LogP contribution in [0.3, 0.4) is 0 Å². The Bertz CT molecular complexity index is 887. The minimum absolute atomic E-state index is 0.0715. The van der Waals surface area contributed by atoms with Crippen LogP contribution >= 0.6 is 0 Å². The van der Waals surface area contributed by atoms with Crippen LogP contribution in [0.5, 0.6) is 11.5 Å².